The molecule has 1 aromatic rings. The predicted octanol–water partition coefficient (Wildman–Crippen LogP) is 4.49. The summed E-state index contributed by atoms with van der Waals surface area (Å²) in [6.45, 7) is 4.89. The van der Waals surface area contributed by atoms with Gasteiger partial charge in [0.2, 0.25) is 0 Å². The van der Waals surface area contributed by atoms with Gasteiger partial charge < -0.3 is 15.2 Å². The maximum Gasteiger partial charge on any atom is 0.339 e. The zero-order valence-corrected chi connectivity index (χ0v) is 14.4. The van der Waals surface area contributed by atoms with E-state index in [9.17, 15) is 4.79 Å². The highest BCUT2D eigenvalue weighted by molar-refractivity contribution is 5.90. The Morgan fingerprint density at radius 1 is 1.00 bits per heavy atom. The summed E-state index contributed by atoms with van der Waals surface area (Å²) in [7, 11) is 0. The van der Waals surface area contributed by atoms with Gasteiger partial charge in [0.1, 0.15) is 11.3 Å². The van der Waals surface area contributed by atoms with Crippen LogP contribution in [0.5, 0.6) is 5.75 Å². The molecule has 0 saturated carbocycles. The quantitative estimate of drug-likeness (QED) is 0.496. The minimum Gasteiger partial charge on any atom is -0.493 e. The molecule has 4 heteroatoms. The van der Waals surface area contributed by atoms with Crippen LogP contribution in [0.2, 0.25) is 0 Å². The Labute approximate surface area is 140 Å². The van der Waals surface area contributed by atoms with Gasteiger partial charge in [-0.15, -0.1) is 0 Å². The molecular weight excluding hydrogens is 290 g/mol. The van der Waals surface area contributed by atoms with Gasteiger partial charge in [-0.25, -0.2) is 4.79 Å². The number of ether oxygens (including phenoxy) is 1. The molecule has 0 saturated heterocycles. The number of hydrogen-bond acceptors (Lipinski definition) is 3. The summed E-state index contributed by atoms with van der Waals surface area (Å²) >= 11 is 0. The normalized spacial score (nSPS) is 10.7. The minimum atomic E-state index is -0.943. The molecule has 0 aliphatic heterocycles. The second kappa shape index (κ2) is 12.9. The summed E-state index contributed by atoms with van der Waals surface area (Å²) in [6.07, 6.45) is 9.94. The van der Waals surface area contributed by atoms with Crippen molar-refractivity contribution in [1.29, 1.82) is 0 Å². The van der Waals surface area contributed by atoms with E-state index in [2.05, 4.69) is 12.2 Å². The lowest BCUT2D eigenvalue weighted by molar-refractivity contribution is 0.0692. The predicted molar refractivity (Wildman–Crippen MR) is 94.4 cm³/mol. The summed E-state index contributed by atoms with van der Waals surface area (Å²) in [6, 6.07) is 6.78. The fourth-order valence-electron chi connectivity index (χ4n) is 2.46. The summed E-state index contributed by atoms with van der Waals surface area (Å²) < 4.78 is 5.57. The van der Waals surface area contributed by atoms with Crippen molar-refractivity contribution < 1.29 is 14.6 Å². The average molecular weight is 321 g/mol. The van der Waals surface area contributed by atoms with Crippen LogP contribution < -0.4 is 10.1 Å². The standard InChI is InChI=1S/C19H31NO3/c1-2-3-4-5-6-9-14-20-15-10-11-16-23-18-13-8-7-12-17(18)19(21)22/h7-8,12-13,20H,2-6,9-11,14-16H2,1H3,(H,21,22). The number of para-hydroxylation sites is 1. The lowest BCUT2D eigenvalue weighted by Gasteiger charge is -2.09. The number of unbranched alkanes of at least 4 members (excludes halogenated alkanes) is 6. The Balaban J connectivity index is 1.97. The fourth-order valence-corrected chi connectivity index (χ4v) is 2.46. The van der Waals surface area contributed by atoms with Crippen LogP contribution in [-0.2, 0) is 0 Å². The van der Waals surface area contributed by atoms with Crippen LogP contribution in [0.3, 0.4) is 0 Å². The molecule has 1 rings (SSSR count). The summed E-state index contributed by atoms with van der Waals surface area (Å²) in [5, 5.41) is 12.5. The number of aromatic carboxylic acids is 1. The molecule has 0 aliphatic carbocycles. The van der Waals surface area contributed by atoms with Crippen LogP contribution >= 0.6 is 0 Å². The van der Waals surface area contributed by atoms with Gasteiger partial charge in [0.25, 0.3) is 0 Å². The van der Waals surface area contributed by atoms with Gasteiger partial charge in [0, 0.05) is 0 Å². The van der Waals surface area contributed by atoms with Crippen molar-refractivity contribution in [3.8, 4) is 5.75 Å². The van der Waals surface area contributed by atoms with E-state index >= 15 is 0 Å². The number of hydrogen-bond donors (Lipinski definition) is 2. The molecule has 0 radical (unpaired) electrons. The molecular formula is C19H31NO3. The molecule has 23 heavy (non-hydrogen) atoms. The van der Waals surface area contributed by atoms with Crippen molar-refractivity contribution >= 4 is 5.97 Å². The van der Waals surface area contributed by atoms with Crippen LogP contribution in [-0.4, -0.2) is 30.8 Å². The van der Waals surface area contributed by atoms with Crippen LogP contribution in [0.15, 0.2) is 24.3 Å². The largest absolute Gasteiger partial charge is 0.493 e. The van der Waals surface area contributed by atoms with Crippen molar-refractivity contribution in [1.82, 2.24) is 5.32 Å². The Hall–Kier alpha value is -1.55. The molecule has 130 valence electrons. The summed E-state index contributed by atoms with van der Waals surface area (Å²) in [5.41, 5.74) is 0.230. The third-order valence-electron chi connectivity index (χ3n) is 3.83. The number of carboxylic acid groups (broad SMARTS) is 1. The van der Waals surface area contributed by atoms with Gasteiger partial charge in [0.05, 0.1) is 6.61 Å². The number of carboxylic acids is 1. The third kappa shape index (κ3) is 9.24. The molecule has 0 aromatic heterocycles. The van der Waals surface area contributed by atoms with Crippen molar-refractivity contribution in [2.75, 3.05) is 19.7 Å². The van der Waals surface area contributed by atoms with Gasteiger partial charge in [0.15, 0.2) is 0 Å². The van der Waals surface area contributed by atoms with Gasteiger partial charge in [-0.1, -0.05) is 51.2 Å². The molecule has 0 heterocycles. The maximum atomic E-state index is 11.1. The van der Waals surface area contributed by atoms with E-state index < -0.39 is 5.97 Å². The molecule has 0 fully saturated rings. The first kappa shape index (κ1) is 19.5. The minimum absolute atomic E-state index is 0.230. The first-order valence-corrected chi connectivity index (χ1v) is 8.91. The summed E-state index contributed by atoms with van der Waals surface area (Å²) in [4.78, 5) is 11.1. The zero-order chi connectivity index (χ0) is 16.8. The molecule has 4 nitrogen and oxygen atoms in total. The van der Waals surface area contributed by atoms with E-state index in [1.807, 2.05) is 0 Å². The zero-order valence-electron chi connectivity index (χ0n) is 14.4. The van der Waals surface area contributed by atoms with Crippen LogP contribution in [0.1, 0.15) is 68.6 Å². The molecule has 0 unspecified atom stereocenters. The second-order valence-corrected chi connectivity index (χ2v) is 5.87. The monoisotopic (exact) mass is 321 g/mol. The van der Waals surface area contributed by atoms with Gasteiger partial charge >= 0.3 is 5.97 Å². The number of rotatable bonds is 14. The first-order chi connectivity index (χ1) is 11.3. The molecule has 1 aromatic carbocycles. The van der Waals surface area contributed by atoms with Gasteiger partial charge in [-0.2, -0.15) is 0 Å². The van der Waals surface area contributed by atoms with Crippen molar-refractivity contribution in [3.63, 3.8) is 0 Å². The van der Waals surface area contributed by atoms with E-state index in [-0.39, 0.29) is 5.56 Å². The van der Waals surface area contributed by atoms with E-state index in [1.165, 1.54) is 38.5 Å². The molecule has 0 spiro atoms. The number of nitrogens with one attached hydrogen (secondary N) is 1. The first-order valence-electron chi connectivity index (χ1n) is 8.91. The number of benzene rings is 1. The third-order valence-corrected chi connectivity index (χ3v) is 3.83. The van der Waals surface area contributed by atoms with Crippen LogP contribution in [0, 0.1) is 0 Å². The van der Waals surface area contributed by atoms with E-state index in [0.717, 1.165) is 25.9 Å². The van der Waals surface area contributed by atoms with Crippen LogP contribution in [0.25, 0.3) is 0 Å². The highest BCUT2D eigenvalue weighted by atomic mass is 16.5. The lowest BCUT2D eigenvalue weighted by Crippen LogP contribution is -2.17. The fraction of sp³-hybridized carbons (Fsp3) is 0.632. The summed E-state index contributed by atoms with van der Waals surface area (Å²) in [5.74, 6) is -0.485. The smallest absolute Gasteiger partial charge is 0.339 e. The molecule has 0 atom stereocenters. The topological polar surface area (TPSA) is 58.6 Å². The second-order valence-electron chi connectivity index (χ2n) is 5.87. The lowest BCUT2D eigenvalue weighted by atomic mass is 10.1. The van der Waals surface area contributed by atoms with Gasteiger partial charge in [-0.3, -0.25) is 0 Å². The van der Waals surface area contributed by atoms with Crippen molar-refractivity contribution in [3.05, 3.63) is 29.8 Å². The van der Waals surface area contributed by atoms with E-state index in [1.54, 1.807) is 24.3 Å². The highest BCUT2D eigenvalue weighted by Crippen LogP contribution is 2.17. The Kier molecular flexibility index (Phi) is 11.0. The molecule has 0 bridgehead atoms. The Bertz CT molecular complexity index is 434. The molecule has 0 amide bonds. The molecule has 2 N–H and O–H groups in total. The van der Waals surface area contributed by atoms with Crippen LogP contribution in [0.4, 0.5) is 0 Å². The van der Waals surface area contributed by atoms with Gasteiger partial charge in [-0.05, 0) is 44.5 Å². The number of carbonyl (C=O) groups is 1. The molecule has 0 aliphatic rings. The van der Waals surface area contributed by atoms with E-state index in [0.29, 0.717) is 12.4 Å². The van der Waals surface area contributed by atoms with Crippen molar-refractivity contribution in [2.45, 2.75) is 58.3 Å². The average Bonchev–Trinajstić information content (AvgIpc) is 2.56. The maximum absolute atomic E-state index is 11.1. The van der Waals surface area contributed by atoms with Crippen molar-refractivity contribution in [2.24, 2.45) is 0 Å². The SMILES string of the molecule is CCCCCCCCNCCCCOc1ccccc1C(=O)O. The van der Waals surface area contributed by atoms with E-state index in [4.69, 9.17) is 9.84 Å². The highest BCUT2D eigenvalue weighted by Gasteiger charge is 2.09. The Morgan fingerprint density at radius 2 is 1.65 bits per heavy atom. The Morgan fingerprint density at radius 3 is 2.39 bits per heavy atom.